The average molecular weight is 832 g/mol. The van der Waals surface area contributed by atoms with Crippen molar-refractivity contribution in [3.05, 3.63) is 224 Å². The van der Waals surface area contributed by atoms with E-state index in [1.807, 2.05) is 11.3 Å². The Hall–Kier alpha value is -8.18. The maximum Gasteiger partial charge on any atom is 0.0640 e. The highest BCUT2D eigenvalue weighted by atomic mass is 32.1. The summed E-state index contributed by atoms with van der Waals surface area (Å²) >= 11 is 1.88. The first kappa shape index (κ1) is 35.4. The summed E-state index contributed by atoms with van der Waals surface area (Å²) in [5, 5.41) is 10.1. The fourth-order valence-corrected chi connectivity index (χ4v) is 11.8. The third kappa shape index (κ3) is 5.15. The van der Waals surface area contributed by atoms with Gasteiger partial charge < -0.3 is 13.7 Å². The molecule has 4 heteroatoms. The van der Waals surface area contributed by atoms with Crippen LogP contribution in [0.5, 0.6) is 0 Å². The lowest BCUT2D eigenvalue weighted by Crippen LogP contribution is -1.94. The molecule has 298 valence electrons. The van der Waals surface area contributed by atoms with E-state index in [0.29, 0.717) is 0 Å². The summed E-state index contributed by atoms with van der Waals surface area (Å²) in [6.45, 7) is 0. The molecule has 0 amide bonds. The summed E-state index contributed by atoms with van der Waals surface area (Å²) in [6.07, 6.45) is 0. The molecule has 0 spiro atoms. The SMILES string of the molecule is c1ccc(-n2c3ccccc3c3cc(-c4ccc5c(c4)c4cc(-c6ccc7c(c6)c6ccccc6n7-c6cccc7c6sc6ccccc67)ccc4n5-c4ccccc4)ccc32)cc1. The molecule has 0 N–H and O–H groups in total. The van der Waals surface area contributed by atoms with E-state index < -0.39 is 0 Å². The molecule has 14 rings (SSSR count). The molecule has 0 radical (unpaired) electrons. The van der Waals surface area contributed by atoms with Crippen LogP contribution in [0.25, 0.3) is 125 Å². The first-order valence-corrected chi connectivity index (χ1v) is 22.7. The van der Waals surface area contributed by atoms with Crippen molar-refractivity contribution in [3.8, 4) is 39.3 Å². The van der Waals surface area contributed by atoms with E-state index >= 15 is 0 Å². The van der Waals surface area contributed by atoms with Gasteiger partial charge in [-0.1, -0.05) is 127 Å². The highest BCUT2D eigenvalue weighted by molar-refractivity contribution is 7.26. The Bertz CT molecular complexity index is 4180. The molecule has 0 fully saturated rings. The van der Waals surface area contributed by atoms with Crippen molar-refractivity contribution >= 4 is 96.9 Å². The molecule has 4 heterocycles. The standard InChI is InChI=1S/C60H37N3S/c1-3-14-42(15-4-1)61-52-22-10-7-18-44(52)48-34-38(26-30-54(48)61)40-27-31-55-50(36-40)51-37-41(28-32-56(51)62(55)43-16-5-2-6-17-43)39-29-33-57-49(35-39)45-19-8-11-23-53(45)63(57)58-24-13-21-47-46-20-9-12-25-59(46)64-60(47)58/h1-37H. The molecule has 0 bridgehead atoms. The highest BCUT2D eigenvalue weighted by Gasteiger charge is 2.20. The van der Waals surface area contributed by atoms with Crippen molar-refractivity contribution in [3.63, 3.8) is 0 Å². The van der Waals surface area contributed by atoms with Gasteiger partial charge in [-0.2, -0.15) is 0 Å². The third-order valence-electron chi connectivity index (χ3n) is 13.4. The van der Waals surface area contributed by atoms with Crippen LogP contribution in [0.3, 0.4) is 0 Å². The fraction of sp³-hybridized carbons (Fsp3) is 0. The largest absolute Gasteiger partial charge is 0.309 e. The average Bonchev–Trinajstić information content (AvgIpc) is 4.10. The van der Waals surface area contributed by atoms with Crippen molar-refractivity contribution in [2.75, 3.05) is 0 Å². The number of rotatable bonds is 5. The minimum absolute atomic E-state index is 1.15. The van der Waals surface area contributed by atoms with Crippen molar-refractivity contribution in [2.24, 2.45) is 0 Å². The topological polar surface area (TPSA) is 14.8 Å². The Kier molecular flexibility index (Phi) is 7.56. The van der Waals surface area contributed by atoms with Crippen molar-refractivity contribution in [2.45, 2.75) is 0 Å². The summed E-state index contributed by atoms with van der Waals surface area (Å²) < 4.78 is 9.90. The van der Waals surface area contributed by atoms with Gasteiger partial charge in [0.2, 0.25) is 0 Å². The Morgan fingerprint density at radius 1 is 0.250 bits per heavy atom. The van der Waals surface area contributed by atoms with E-state index in [9.17, 15) is 0 Å². The van der Waals surface area contributed by atoms with Crippen LogP contribution in [0, 0.1) is 0 Å². The lowest BCUT2D eigenvalue weighted by molar-refractivity contribution is 1.18. The molecule has 3 nitrogen and oxygen atoms in total. The molecular formula is C60H37N3S. The zero-order valence-corrected chi connectivity index (χ0v) is 35.4. The van der Waals surface area contributed by atoms with E-state index in [4.69, 9.17) is 0 Å². The van der Waals surface area contributed by atoms with Gasteiger partial charge in [-0.15, -0.1) is 11.3 Å². The van der Waals surface area contributed by atoms with E-state index in [1.54, 1.807) is 0 Å². The van der Waals surface area contributed by atoms with Crippen LogP contribution in [0.15, 0.2) is 224 Å². The lowest BCUT2D eigenvalue weighted by atomic mass is 9.98. The van der Waals surface area contributed by atoms with Crippen LogP contribution in [-0.2, 0) is 0 Å². The molecule has 64 heavy (non-hydrogen) atoms. The molecule has 4 aromatic heterocycles. The number of hydrogen-bond acceptors (Lipinski definition) is 1. The number of aromatic nitrogens is 3. The smallest absolute Gasteiger partial charge is 0.0640 e. The van der Waals surface area contributed by atoms with E-state index in [0.717, 1.165) is 5.69 Å². The monoisotopic (exact) mass is 831 g/mol. The second kappa shape index (κ2) is 13.7. The quantitative estimate of drug-likeness (QED) is 0.164. The maximum absolute atomic E-state index is 2.47. The van der Waals surface area contributed by atoms with Gasteiger partial charge in [-0.05, 0) is 119 Å². The Labute approximate surface area is 372 Å². The van der Waals surface area contributed by atoms with Crippen LogP contribution in [0.1, 0.15) is 0 Å². The van der Waals surface area contributed by atoms with E-state index in [2.05, 4.69) is 238 Å². The van der Waals surface area contributed by atoms with Crippen LogP contribution in [0.4, 0.5) is 0 Å². The summed E-state index contributed by atoms with van der Waals surface area (Å²) in [4.78, 5) is 0. The summed E-state index contributed by atoms with van der Waals surface area (Å²) in [6, 6.07) is 82.7. The lowest BCUT2D eigenvalue weighted by Gasteiger charge is -2.10. The van der Waals surface area contributed by atoms with E-state index in [1.165, 1.54) is 119 Å². The van der Waals surface area contributed by atoms with Crippen LogP contribution in [-0.4, -0.2) is 13.7 Å². The van der Waals surface area contributed by atoms with E-state index in [-0.39, 0.29) is 0 Å². The van der Waals surface area contributed by atoms with Gasteiger partial charge >= 0.3 is 0 Å². The Balaban J connectivity index is 0.950. The van der Waals surface area contributed by atoms with Gasteiger partial charge in [0.25, 0.3) is 0 Å². The normalized spacial score (nSPS) is 12.1. The first-order chi connectivity index (χ1) is 31.7. The van der Waals surface area contributed by atoms with Crippen molar-refractivity contribution in [1.82, 2.24) is 13.7 Å². The summed E-state index contributed by atoms with van der Waals surface area (Å²) in [7, 11) is 0. The molecule has 0 aliphatic rings. The predicted molar refractivity (Wildman–Crippen MR) is 273 cm³/mol. The second-order valence-electron chi connectivity index (χ2n) is 16.9. The van der Waals surface area contributed by atoms with Gasteiger partial charge in [-0.25, -0.2) is 0 Å². The molecule has 0 unspecified atom stereocenters. The molecule has 0 atom stereocenters. The third-order valence-corrected chi connectivity index (χ3v) is 14.6. The van der Waals surface area contributed by atoms with Gasteiger partial charge in [0.1, 0.15) is 0 Å². The Morgan fingerprint density at radius 2 is 0.625 bits per heavy atom. The molecule has 0 saturated heterocycles. The van der Waals surface area contributed by atoms with Crippen LogP contribution in [0.2, 0.25) is 0 Å². The molecule has 0 aliphatic carbocycles. The minimum Gasteiger partial charge on any atom is -0.309 e. The zero-order chi connectivity index (χ0) is 41.9. The number of para-hydroxylation sites is 4. The summed E-state index contributed by atoms with van der Waals surface area (Å²) in [5.74, 6) is 0. The minimum atomic E-state index is 1.15. The molecular weight excluding hydrogens is 795 g/mol. The van der Waals surface area contributed by atoms with Crippen LogP contribution < -0.4 is 0 Å². The molecule has 14 aromatic rings. The second-order valence-corrected chi connectivity index (χ2v) is 17.9. The zero-order valence-electron chi connectivity index (χ0n) is 34.6. The predicted octanol–water partition coefficient (Wildman–Crippen LogP) is 16.7. The van der Waals surface area contributed by atoms with Crippen molar-refractivity contribution < 1.29 is 0 Å². The molecule has 0 saturated carbocycles. The fourth-order valence-electron chi connectivity index (χ4n) is 10.6. The molecule has 0 aliphatic heterocycles. The van der Waals surface area contributed by atoms with Crippen LogP contribution >= 0.6 is 11.3 Å². The number of hydrogen-bond donors (Lipinski definition) is 0. The first-order valence-electron chi connectivity index (χ1n) is 21.9. The summed E-state index contributed by atoms with van der Waals surface area (Å²) in [5.41, 5.74) is 15.6. The highest BCUT2D eigenvalue weighted by Crippen LogP contribution is 2.43. The molecule has 10 aromatic carbocycles. The van der Waals surface area contributed by atoms with Gasteiger partial charge in [0.15, 0.2) is 0 Å². The van der Waals surface area contributed by atoms with Gasteiger partial charge in [0, 0.05) is 59.2 Å². The number of nitrogens with zero attached hydrogens (tertiary/aromatic N) is 3. The van der Waals surface area contributed by atoms with Gasteiger partial charge in [-0.3, -0.25) is 0 Å². The van der Waals surface area contributed by atoms with Crippen molar-refractivity contribution in [1.29, 1.82) is 0 Å². The Morgan fingerprint density at radius 3 is 1.14 bits per heavy atom. The number of benzene rings is 10. The number of thiophene rings is 1. The number of fused-ring (bicyclic) bond motifs is 12. The maximum atomic E-state index is 2.47. The van der Waals surface area contributed by atoms with Gasteiger partial charge in [0.05, 0.1) is 43.5 Å².